The molecule has 2 fully saturated rings. The minimum atomic E-state index is 0.0432. The Balaban J connectivity index is 1.85. The van der Waals surface area contributed by atoms with Crippen LogP contribution in [0.1, 0.15) is 53.6 Å². The van der Waals surface area contributed by atoms with Crippen LogP contribution in [-0.4, -0.2) is 37.5 Å². The number of hydrogen-bond donors (Lipinski definition) is 1. The lowest BCUT2D eigenvalue weighted by Crippen LogP contribution is -2.59. The summed E-state index contributed by atoms with van der Waals surface area (Å²) in [4.78, 5) is 14.7. The Morgan fingerprint density at radius 3 is 3.00 bits per heavy atom. The molecule has 3 atom stereocenters. The molecule has 22 heavy (non-hydrogen) atoms. The fourth-order valence-electron chi connectivity index (χ4n) is 5.48. The predicted octanol–water partition coefficient (Wildman–Crippen LogP) is 2.73. The van der Waals surface area contributed by atoms with Crippen LogP contribution in [0.4, 0.5) is 0 Å². The van der Waals surface area contributed by atoms with Gasteiger partial charge in [0, 0.05) is 24.1 Å². The molecule has 1 saturated carbocycles. The fraction of sp³-hybridized carbons (Fsp3) is 0.632. The van der Waals surface area contributed by atoms with Gasteiger partial charge in [-0.05, 0) is 68.5 Å². The number of carbonyl (C=O) groups excluding carboxylic acids is 1. The van der Waals surface area contributed by atoms with Gasteiger partial charge in [-0.2, -0.15) is 0 Å². The van der Waals surface area contributed by atoms with Gasteiger partial charge in [0.25, 0.3) is 5.91 Å². The highest BCUT2D eigenvalue weighted by atomic mass is 16.1. The number of fused-ring (bicyclic) bond motifs is 1. The molecule has 0 aromatic heterocycles. The predicted molar refractivity (Wildman–Crippen MR) is 88.2 cm³/mol. The summed E-state index contributed by atoms with van der Waals surface area (Å²) < 4.78 is 0. The van der Waals surface area contributed by atoms with Crippen molar-refractivity contribution in [1.29, 1.82) is 0 Å². The molecular weight excluding hydrogens is 272 g/mol. The number of benzene rings is 1. The fourth-order valence-corrected chi connectivity index (χ4v) is 5.48. The molecule has 3 nitrogen and oxygen atoms in total. The molecule has 0 spiro atoms. The first kappa shape index (κ1) is 14.3. The van der Waals surface area contributed by atoms with Gasteiger partial charge in [-0.25, -0.2) is 0 Å². The van der Waals surface area contributed by atoms with Crippen molar-refractivity contribution in [3.05, 3.63) is 34.9 Å². The molecule has 3 aliphatic rings. The van der Waals surface area contributed by atoms with Gasteiger partial charge in [0.2, 0.25) is 0 Å². The maximum atomic E-state index is 12.1. The minimum absolute atomic E-state index is 0.0432. The summed E-state index contributed by atoms with van der Waals surface area (Å²) in [5.41, 5.74) is 4.16. The molecule has 1 saturated heterocycles. The third-order valence-electron chi connectivity index (χ3n) is 6.60. The third-order valence-corrected chi connectivity index (χ3v) is 6.60. The quantitative estimate of drug-likeness (QED) is 0.864. The van der Waals surface area contributed by atoms with Crippen LogP contribution < -0.4 is 5.32 Å². The molecule has 1 amide bonds. The van der Waals surface area contributed by atoms with Crippen molar-refractivity contribution in [2.45, 2.75) is 50.0 Å². The van der Waals surface area contributed by atoms with Crippen LogP contribution in [0, 0.1) is 5.92 Å². The number of piperidine rings is 1. The Kier molecular flexibility index (Phi) is 3.30. The Labute approximate surface area is 133 Å². The van der Waals surface area contributed by atoms with E-state index >= 15 is 0 Å². The lowest BCUT2D eigenvalue weighted by Gasteiger charge is -2.58. The minimum Gasteiger partial charge on any atom is -0.355 e. The number of amides is 1. The smallest absolute Gasteiger partial charge is 0.251 e. The molecule has 4 rings (SSSR count). The molecule has 1 heterocycles. The normalized spacial score (nSPS) is 33.7. The van der Waals surface area contributed by atoms with Crippen LogP contribution >= 0.6 is 0 Å². The average molecular weight is 298 g/mol. The zero-order valence-electron chi connectivity index (χ0n) is 13.7. The van der Waals surface area contributed by atoms with Crippen LogP contribution in [0.25, 0.3) is 0 Å². The summed E-state index contributed by atoms with van der Waals surface area (Å²) in [6, 6.07) is 7.15. The van der Waals surface area contributed by atoms with E-state index in [0.717, 1.165) is 17.9 Å². The SMILES string of the molecule is CNC(=O)c1ccc2c(c1)C13CCCCC1C(C2)N(C)CC3. The van der Waals surface area contributed by atoms with Crippen LogP contribution in [0.3, 0.4) is 0 Å². The summed E-state index contributed by atoms with van der Waals surface area (Å²) in [7, 11) is 4.02. The number of likely N-dealkylation sites (tertiary alicyclic amines) is 1. The monoisotopic (exact) mass is 298 g/mol. The average Bonchev–Trinajstić information content (AvgIpc) is 2.57. The topological polar surface area (TPSA) is 32.3 Å². The molecule has 2 bridgehead atoms. The summed E-state index contributed by atoms with van der Waals surface area (Å²) in [5, 5.41) is 2.77. The highest BCUT2D eigenvalue weighted by Gasteiger charge is 2.53. The standard InChI is InChI=1S/C19H26N2O/c1-20-18(22)14-7-6-13-12-17-15-5-3-4-8-19(15,16(13)11-14)9-10-21(17)2/h6-7,11,15,17H,3-5,8-10,12H2,1-2H3,(H,20,22). The molecule has 1 N–H and O–H groups in total. The molecular formula is C19H26N2O. The van der Waals surface area contributed by atoms with E-state index < -0.39 is 0 Å². The third kappa shape index (κ3) is 1.88. The second kappa shape index (κ2) is 5.09. The number of carbonyl (C=O) groups is 1. The highest BCUT2D eigenvalue weighted by Crippen LogP contribution is 2.55. The lowest BCUT2D eigenvalue weighted by atomic mass is 9.52. The van der Waals surface area contributed by atoms with Crippen LogP contribution in [0.15, 0.2) is 18.2 Å². The van der Waals surface area contributed by atoms with Gasteiger partial charge in [0.15, 0.2) is 0 Å². The van der Waals surface area contributed by atoms with E-state index in [9.17, 15) is 4.79 Å². The molecule has 1 aromatic rings. The zero-order valence-corrected chi connectivity index (χ0v) is 13.7. The van der Waals surface area contributed by atoms with Crippen molar-refractivity contribution >= 4 is 5.91 Å². The Morgan fingerprint density at radius 1 is 1.32 bits per heavy atom. The first-order valence-electron chi connectivity index (χ1n) is 8.71. The Bertz CT molecular complexity index is 611. The number of hydrogen-bond acceptors (Lipinski definition) is 2. The van der Waals surface area contributed by atoms with E-state index in [2.05, 4.69) is 29.4 Å². The molecule has 1 aliphatic heterocycles. The first-order chi connectivity index (χ1) is 10.7. The van der Waals surface area contributed by atoms with E-state index in [1.807, 2.05) is 6.07 Å². The summed E-state index contributed by atoms with van der Waals surface area (Å²) in [6.45, 7) is 1.20. The van der Waals surface area contributed by atoms with Gasteiger partial charge in [-0.15, -0.1) is 0 Å². The molecule has 3 heteroatoms. The van der Waals surface area contributed by atoms with Crippen molar-refractivity contribution < 1.29 is 4.79 Å². The largest absolute Gasteiger partial charge is 0.355 e. The Hall–Kier alpha value is -1.35. The summed E-state index contributed by atoms with van der Waals surface area (Å²) in [5.74, 6) is 0.828. The van der Waals surface area contributed by atoms with Crippen molar-refractivity contribution in [3.63, 3.8) is 0 Å². The number of nitrogens with zero attached hydrogens (tertiary/aromatic N) is 1. The van der Waals surface area contributed by atoms with Crippen molar-refractivity contribution in [1.82, 2.24) is 10.2 Å². The van der Waals surface area contributed by atoms with E-state index in [0.29, 0.717) is 11.5 Å². The van der Waals surface area contributed by atoms with Gasteiger partial charge >= 0.3 is 0 Å². The molecule has 118 valence electrons. The second-order valence-corrected chi connectivity index (χ2v) is 7.46. The molecule has 2 aliphatic carbocycles. The number of rotatable bonds is 1. The summed E-state index contributed by atoms with van der Waals surface area (Å²) in [6.07, 6.45) is 7.81. The van der Waals surface area contributed by atoms with Gasteiger partial charge in [-0.1, -0.05) is 18.9 Å². The van der Waals surface area contributed by atoms with Crippen molar-refractivity contribution in [3.8, 4) is 0 Å². The van der Waals surface area contributed by atoms with Crippen LogP contribution in [0.5, 0.6) is 0 Å². The van der Waals surface area contributed by atoms with Crippen LogP contribution in [0.2, 0.25) is 0 Å². The summed E-state index contributed by atoms with van der Waals surface area (Å²) >= 11 is 0. The number of nitrogens with one attached hydrogen (secondary N) is 1. The van der Waals surface area contributed by atoms with E-state index in [4.69, 9.17) is 0 Å². The first-order valence-corrected chi connectivity index (χ1v) is 8.71. The van der Waals surface area contributed by atoms with Crippen molar-refractivity contribution in [2.24, 2.45) is 5.92 Å². The van der Waals surface area contributed by atoms with Gasteiger partial charge in [0.05, 0.1) is 0 Å². The number of likely N-dealkylation sites (N-methyl/N-ethyl adjacent to an activating group) is 1. The zero-order chi connectivity index (χ0) is 15.3. The Morgan fingerprint density at radius 2 is 2.18 bits per heavy atom. The molecule has 1 aromatic carbocycles. The highest BCUT2D eigenvalue weighted by molar-refractivity contribution is 5.94. The van der Waals surface area contributed by atoms with E-state index in [1.54, 1.807) is 7.05 Å². The van der Waals surface area contributed by atoms with Crippen LogP contribution in [-0.2, 0) is 11.8 Å². The van der Waals surface area contributed by atoms with E-state index in [-0.39, 0.29) is 5.91 Å². The molecule has 3 unspecified atom stereocenters. The van der Waals surface area contributed by atoms with Gasteiger partial charge in [0.1, 0.15) is 0 Å². The van der Waals surface area contributed by atoms with E-state index in [1.165, 1.54) is 49.8 Å². The maximum Gasteiger partial charge on any atom is 0.251 e. The lowest BCUT2D eigenvalue weighted by molar-refractivity contribution is 0.00283. The van der Waals surface area contributed by atoms with Crippen molar-refractivity contribution in [2.75, 3.05) is 20.6 Å². The second-order valence-electron chi connectivity index (χ2n) is 7.46. The van der Waals surface area contributed by atoms with Gasteiger partial charge < -0.3 is 10.2 Å². The van der Waals surface area contributed by atoms with Gasteiger partial charge in [-0.3, -0.25) is 4.79 Å². The molecule has 0 radical (unpaired) electrons. The maximum absolute atomic E-state index is 12.1.